The number of carbonyl (C=O) groups is 4. The van der Waals surface area contributed by atoms with Crippen LogP contribution in [0.5, 0.6) is 0 Å². The molecule has 3 amide bonds. The van der Waals surface area contributed by atoms with Crippen molar-refractivity contribution in [2.24, 2.45) is 11.5 Å². The summed E-state index contributed by atoms with van der Waals surface area (Å²) in [6, 6.07) is -4.24. The van der Waals surface area contributed by atoms with Crippen molar-refractivity contribution in [3.63, 3.8) is 0 Å². The number of primary amides is 1. The maximum atomic E-state index is 12.1. The van der Waals surface area contributed by atoms with Gasteiger partial charge in [-0.15, -0.1) is 0 Å². The van der Waals surface area contributed by atoms with Gasteiger partial charge >= 0.3 is 5.97 Å². The molecule has 0 heterocycles. The van der Waals surface area contributed by atoms with E-state index in [1.54, 1.807) is 0 Å². The number of aliphatic carboxylic acids is 1. The van der Waals surface area contributed by atoms with Crippen molar-refractivity contribution in [3.8, 4) is 0 Å². The molecule has 11 nitrogen and oxygen atoms in total. The van der Waals surface area contributed by atoms with Crippen LogP contribution in [0.15, 0.2) is 0 Å². The Morgan fingerprint density at radius 3 is 1.79 bits per heavy atom. The van der Waals surface area contributed by atoms with Gasteiger partial charge in [-0.3, -0.25) is 14.4 Å². The molecule has 0 aromatic carbocycles. The Bertz CT molecular complexity index is 481. The second-order valence-corrected chi connectivity index (χ2v) is 5.40. The van der Waals surface area contributed by atoms with Gasteiger partial charge in [0.2, 0.25) is 17.7 Å². The fraction of sp³-hybridized carbons (Fsp3) is 0.692. The lowest BCUT2D eigenvalue weighted by Gasteiger charge is -2.25. The van der Waals surface area contributed by atoms with Gasteiger partial charge < -0.3 is 37.4 Å². The number of nitrogens with one attached hydrogen (secondary N) is 2. The molecule has 0 unspecified atom stereocenters. The fourth-order valence-electron chi connectivity index (χ4n) is 1.73. The highest BCUT2D eigenvalue weighted by Crippen LogP contribution is 2.01. The maximum absolute atomic E-state index is 12.1. The number of aliphatic hydroxyl groups is 2. The molecule has 11 heteroatoms. The molecule has 0 bridgehead atoms. The molecule has 0 aromatic heterocycles. The van der Waals surface area contributed by atoms with Gasteiger partial charge in [-0.2, -0.15) is 0 Å². The minimum Gasteiger partial charge on any atom is -0.480 e. The molecule has 0 saturated carbocycles. The summed E-state index contributed by atoms with van der Waals surface area (Å²) >= 11 is 0. The van der Waals surface area contributed by atoms with E-state index in [-0.39, 0.29) is 12.8 Å². The first-order chi connectivity index (χ1) is 11.0. The first-order valence-corrected chi connectivity index (χ1v) is 7.21. The van der Waals surface area contributed by atoms with Crippen molar-refractivity contribution in [2.75, 3.05) is 0 Å². The van der Waals surface area contributed by atoms with Gasteiger partial charge in [0.05, 0.1) is 18.2 Å². The molecular weight excluding hydrogens is 324 g/mol. The summed E-state index contributed by atoms with van der Waals surface area (Å²) < 4.78 is 0. The lowest BCUT2D eigenvalue weighted by molar-refractivity contribution is -0.145. The number of hydrogen-bond donors (Lipinski definition) is 7. The van der Waals surface area contributed by atoms with Crippen LogP contribution >= 0.6 is 0 Å². The predicted octanol–water partition coefficient (Wildman–Crippen LogP) is -3.60. The minimum absolute atomic E-state index is 0.0548. The van der Waals surface area contributed by atoms with Gasteiger partial charge in [-0.25, -0.2) is 4.79 Å². The SMILES string of the molecule is C[C@@H](O)[C@H](NC(=O)[C@@H](NC(=O)[C@@H](N)CCC(N)=O)[C@@H](C)O)C(=O)O. The number of nitrogens with two attached hydrogens (primary N) is 2. The first kappa shape index (κ1) is 21.8. The van der Waals surface area contributed by atoms with Crippen LogP contribution in [0.4, 0.5) is 0 Å². The number of rotatable bonds is 10. The monoisotopic (exact) mass is 348 g/mol. The summed E-state index contributed by atoms with van der Waals surface area (Å²) in [6.07, 6.45) is -2.94. The zero-order valence-corrected chi connectivity index (χ0v) is 13.4. The third kappa shape index (κ3) is 7.35. The number of amides is 3. The Morgan fingerprint density at radius 2 is 1.42 bits per heavy atom. The molecule has 0 radical (unpaired) electrons. The van der Waals surface area contributed by atoms with Crippen molar-refractivity contribution in [1.82, 2.24) is 10.6 Å². The molecule has 0 rings (SSSR count). The number of carboxylic acid groups (broad SMARTS) is 1. The van der Waals surface area contributed by atoms with Gasteiger partial charge in [-0.1, -0.05) is 0 Å². The Balaban J connectivity index is 4.90. The second-order valence-electron chi connectivity index (χ2n) is 5.40. The highest BCUT2D eigenvalue weighted by Gasteiger charge is 2.32. The zero-order chi connectivity index (χ0) is 19.0. The van der Waals surface area contributed by atoms with Crippen molar-refractivity contribution in [1.29, 1.82) is 0 Å². The predicted molar refractivity (Wildman–Crippen MR) is 81.3 cm³/mol. The zero-order valence-electron chi connectivity index (χ0n) is 13.4. The Hall–Kier alpha value is -2.24. The van der Waals surface area contributed by atoms with Crippen LogP contribution in [0.1, 0.15) is 26.7 Å². The minimum atomic E-state index is -1.61. The molecule has 0 spiro atoms. The van der Waals surface area contributed by atoms with E-state index in [0.29, 0.717) is 0 Å². The number of hydrogen-bond acceptors (Lipinski definition) is 7. The molecule has 0 aliphatic heterocycles. The van der Waals surface area contributed by atoms with E-state index in [2.05, 4.69) is 5.32 Å². The smallest absolute Gasteiger partial charge is 0.328 e. The molecular formula is C13H24N4O7. The number of aliphatic hydroxyl groups excluding tert-OH is 2. The molecule has 24 heavy (non-hydrogen) atoms. The van der Waals surface area contributed by atoms with E-state index >= 15 is 0 Å². The number of carboxylic acids is 1. The maximum Gasteiger partial charge on any atom is 0.328 e. The Kier molecular flexibility index (Phi) is 8.89. The molecule has 138 valence electrons. The van der Waals surface area contributed by atoms with Gasteiger partial charge in [0, 0.05) is 6.42 Å². The Morgan fingerprint density at radius 1 is 0.958 bits per heavy atom. The molecule has 9 N–H and O–H groups in total. The van der Waals surface area contributed by atoms with Gasteiger partial charge in [0.1, 0.15) is 6.04 Å². The van der Waals surface area contributed by atoms with Gasteiger partial charge in [0.15, 0.2) is 6.04 Å². The lowest BCUT2D eigenvalue weighted by atomic mass is 10.1. The highest BCUT2D eigenvalue weighted by molar-refractivity contribution is 5.92. The molecule has 0 fully saturated rings. The third-order valence-electron chi connectivity index (χ3n) is 3.15. The normalized spacial score (nSPS) is 17.0. The van der Waals surface area contributed by atoms with Crippen molar-refractivity contribution in [2.45, 2.75) is 57.0 Å². The topological polar surface area (TPSA) is 205 Å². The van der Waals surface area contributed by atoms with Crippen molar-refractivity contribution in [3.05, 3.63) is 0 Å². The molecule has 0 aliphatic rings. The summed E-state index contributed by atoms with van der Waals surface area (Å²) in [5.74, 6) is -3.95. The quantitative estimate of drug-likeness (QED) is 0.209. The molecule has 0 saturated heterocycles. The third-order valence-corrected chi connectivity index (χ3v) is 3.15. The summed E-state index contributed by atoms with van der Waals surface area (Å²) in [4.78, 5) is 45.6. The van der Waals surface area contributed by atoms with Crippen LogP contribution in [-0.4, -0.2) is 69.3 Å². The van der Waals surface area contributed by atoms with E-state index in [9.17, 15) is 29.4 Å². The second kappa shape index (κ2) is 9.80. The summed E-state index contributed by atoms with van der Waals surface area (Å²) in [6.45, 7) is 2.37. The highest BCUT2D eigenvalue weighted by atomic mass is 16.4. The van der Waals surface area contributed by atoms with E-state index in [1.165, 1.54) is 6.92 Å². The molecule has 5 atom stereocenters. The lowest BCUT2D eigenvalue weighted by Crippen LogP contribution is -2.59. The van der Waals surface area contributed by atoms with Crippen LogP contribution in [0.3, 0.4) is 0 Å². The summed E-state index contributed by atoms with van der Waals surface area (Å²) in [5, 5.41) is 32.1. The molecule has 0 aliphatic carbocycles. The van der Waals surface area contributed by atoms with E-state index in [4.69, 9.17) is 16.6 Å². The van der Waals surface area contributed by atoms with Crippen LogP contribution in [0.25, 0.3) is 0 Å². The average Bonchev–Trinajstić information content (AvgIpc) is 2.45. The fourth-order valence-corrected chi connectivity index (χ4v) is 1.73. The van der Waals surface area contributed by atoms with Crippen molar-refractivity contribution >= 4 is 23.7 Å². The average molecular weight is 348 g/mol. The molecule has 0 aromatic rings. The summed E-state index contributed by atoms with van der Waals surface area (Å²) in [5.41, 5.74) is 10.5. The van der Waals surface area contributed by atoms with Crippen LogP contribution in [0, 0.1) is 0 Å². The summed E-state index contributed by atoms with van der Waals surface area (Å²) in [7, 11) is 0. The van der Waals surface area contributed by atoms with Crippen LogP contribution in [-0.2, 0) is 19.2 Å². The van der Waals surface area contributed by atoms with Crippen molar-refractivity contribution < 1.29 is 34.5 Å². The Labute approximate surface area is 138 Å². The standard InChI is InChI=1S/C13H24N4O7/c1-5(18)9(12(22)17-10(6(2)19)13(23)24)16-11(21)7(14)3-4-8(15)20/h5-7,9-10,18-19H,3-4,14H2,1-2H3,(H2,15,20)(H,16,21)(H,17,22)(H,23,24)/t5-,6-,7+,9+,10+/m1/s1. The van der Waals surface area contributed by atoms with Gasteiger partial charge in [0.25, 0.3) is 0 Å². The van der Waals surface area contributed by atoms with E-state index in [1.807, 2.05) is 5.32 Å². The van der Waals surface area contributed by atoms with E-state index in [0.717, 1.165) is 6.92 Å². The first-order valence-electron chi connectivity index (χ1n) is 7.21. The number of carbonyl (C=O) groups excluding carboxylic acids is 3. The largest absolute Gasteiger partial charge is 0.480 e. The van der Waals surface area contributed by atoms with Gasteiger partial charge in [-0.05, 0) is 20.3 Å². The van der Waals surface area contributed by atoms with Crippen LogP contribution < -0.4 is 22.1 Å². The van der Waals surface area contributed by atoms with E-state index < -0.39 is 54.0 Å². The van der Waals surface area contributed by atoms with Crippen LogP contribution in [0.2, 0.25) is 0 Å².